The average molecular weight is 435 g/mol. The normalized spacial score (nSPS) is 15.1. The van der Waals surface area contributed by atoms with Gasteiger partial charge in [0.2, 0.25) is 4.77 Å². The molecule has 146 valence electrons. The number of rotatable bonds is 4. The van der Waals surface area contributed by atoms with E-state index in [0.717, 1.165) is 43.1 Å². The zero-order chi connectivity index (χ0) is 19.7. The predicted octanol–water partition coefficient (Wildman–Crippen LogP) is 4.98. The lowest BCUT2D eigenvalue weighted by atomic mass is 10.1. The Kier molecular flexibility index (Phi) is 5.85. The summed E-state index contributed by atoms with van der Waals surface area (Å²) in [5.41, 5.74) is 2.89. The summed E-state index contributed by atoms with van der Waals surface area (Å²) >= 11 is 18.4. The molecule has 0 amide bonds. The molecule has 1 aliphatic heterocycles. The van der Waals surface area contributed by atoms with Gasteiger partial charge >= 0.3 is 0 Å². The first-order chi connectivity index (χ1) is 13.5. The highest BCUT2D eigenvalue weighted by Gasteiger charge is 2.20. The van der Waals surface area contributed by atoms with Crippen LogP contribution in [0.3, 0.4) is 0 Å². The number of para-hydroxylation sites is 1. The molecule has 0 aliphatic carbocycles. The van der Waals surface area contributed by atoms with E-state index in [1.807, 2.05) is 39.6 Å². The molecular formula is C20H20Cl2N4OS. The Bertz CT molecular complexity index is 1060. The fourth-order valence-electron chi connectivity index (χ4n) is 3.31. The van der Waals surface area contributed by atoms with Gasteiger partial charge in [-0.15, -0.1) is 5.10 Å². The molecule has 2 aromatic carbocycles. The number of benzene rings is 2. The molecule has 0 radical (unpaired) electrons. The maximum atomic E-state index is 6.51. The van der Waals surface area contributed by atoms with E-state index in [0.29, 0.717) is 27.3 Å². The summed E-state index contributed by atoms with van der Waals surface area (Å²) in [6.45, 7) is 5.83. The first-order valence-corrected chi connectivity index (χ1v) is 10.2. The summed E-state index contributed by atoms with van der Waals surface area (Å²) in [5.74, 6) is 0.703. The largest absolute Gasteiger partial charge is 0.379 e. The Balaban J connectivity index is 1.87. The second kappa shape index (κ2) is 8.35. The summed E-state index contributed by atoms with van der Waals surface area (Å²) < 4.78 is 9.91. The third-order valence-electron chi connectivity index (χ3n) is 4.81. The number of hydrogen-bond acceptors (Lipinski definition) is 4. The lowest BCUT2D eigenvalue weighted by Crippen LogP contribution is -2.37. The fraction of sp³-hybridized carbons (Fsp3) is 0.300. The number of morpholine rings is 1. The van der Waals surface area contributed by atoms with Crippen LogP contribution < -0.4 is 0 Å². The van der Waals surface area contributed by atoms with Gasteiger partial charge in [-0.25, -0.2) is 4.68 Å². The number of hydrogen-bond donors (Lipinski definition) is 0. The van der Waals surface area contributed by atoms with Crippen LogP contribution in [0.15, 0.2) is 42.5 Å². The Hall–Kier alpha value is -1.70. The molecule has 3 aromatic rings. The molecule has 8 heteroatoms. The summed E-state index contributed by atoms with van der Waals surface area (Å²) in [7, 11) is 0. The molecule has 1 aromatic heterocycles. The van der Waals surface area contributed by atoms with Gasteiger partial charge in [0.15, 0.2) is 5.82 Å². The van der Waals surface area contributed by atoms with E-state index in [-0.39, 0.29) is 0 Å². The highest BCUT2D eigenvalue weighted by molar-refractivity contribution is 7.71. The first-order valence-electron chi connectivity index (χ1n) is 9.06. The van der Waals surface area contributed by atoms with Gasteiger partial charge in [-0.05, 0) is 49.0 Å². The average Bonchev–Trinajstić information content (AvgIpc) is 2.99. The molecule has 0 unspecified atom stereocenters. The second-order valence-corrected chi connectivity index (χ2v) is 7.93. The van der Waals surface area contributed by atoms with Crippen LogP contribution in [0.4, 0.5) is 0 Å². The van der Waals surface area contributed by atoms with Crippen LogP contribution in [0, 0.1) is 11.7 Å². The molecule has 1 saturated heterocycles. The number of nitrogens with zero attached hydrogens (tertiary/aromatic N) is 4. The molecule has 2 heterocycles. The summed E-state index contributed by atoms with van der Waals surface area (Å²) in [6, 6.07) is 13.5. The molecule has 1 aliphatic rings. The molecule has 4 rings (SSSR count). The minimum Gasteiger partial charge on any atom is -0.379 e. The van der Waals surface area contributed by atoms with Gasteiger partial charge in [0.05, 0.1) is 30.6 Å². The molecule has 0 atom stereocenters. The van der Waals surface area contributed by atoms with Crippen molar-refractivity contribution in [2.75, 3.05) is 26.3 Å². The Morgan fingerprint density at radius 2 is 1.86 bits per heavy atom. The maximum absolute atomic E-state index is 6.51. The first kappa shape index (κ1) is 19.6. The van der Waals surface area contributed by atoms with Gasteiger partial charge in [-0.1, -0.05) is 41.4 Å². The van der Waals surface area contributed by atoms with Crippen LogP contribution in [0.1, 0.15) is 5.56 Å². The molecule has 0 bridgehead atoms. The fourth-order valence-corrected chi connectivity index (χ4v) is 4.08. The molecule has 0 saturated carbocycles. The van der Waals surface area contributed by atoms with Crippen LogP contribution in [-0.4, -0.2) is 45.6 Å². The molecule has 28 heavy (non-hydrogen) atoms. The van der Waals surface area contributed by atoms with E-state index in [2.05, 4.69) is 17.9 Å². The van der Waals surface area contributed by atoms with Crippen molar-refractivity contribution >= 4 is 35.4 Å². The highest BCUT2D eigenvalue weighted by Crippen LogP contribution is 2.32. The van der Waals surface area contributed by atoms with Gasteiger partial charge in [-0.3, -0.25) is 9.47 Å². The van der Waals surface area contributed by atoms with Crippen molar-refractivity contribution < 1.29 is 4.74 Å². The van der Waals surface area contributed by atoms with E-state index < -0.39 is 0 Å². The van der Waals surface area contributed by atoms with Crippen LogP contribution in [0.25, 0.3) is 17.1 Å². The lowest BCUT2D eigenvalue weighted by molar-refractivity contribution is 0.0210. The molecular weight excluding hydrogens is 415 g/mol. The van der Waals surface area contributed by atoms with Crippen molar-refractivity contribution in [2.45, 2.75) is 13.6 Å². The quantitative estimate of drug-likeness (QED) is 0.542. The van der Waals surface area contributed by atoms with Gasteiger partial charge < -0.3 is 4.74 Å². The molecule has 5 nitrogen and oxygen atoms in total. The van der Waals surface area contributed by atoms with Crippen molar-refractivity contribution in [3.05, 3.63) is 62.8 Å². The smallest absolute Gasteiger partial charge is 0.204 e. The maximum Gasteiger partial charge on any atom is 0.204 e. The third-order valence-corrected chi connectivity index (χ3v) is 5.75. The van der Waals surface area contributed by atoms with E-state index in [1.165, 1.54) is 0 Å². The molecule has 0 spiro atoms. The monoisotopic (exact) mass is 434 g/mol. The Labute approximate surface area is 179 Å². The van der Waals surface area contributed by atoms with E-state index >= 15 is 0 Å². The van der Waals surface area contributed by atoms with Gasteiger partial charge in [0.1, 0.15) is 0 Å². The van der Waals surface area contributed by atoms with E-state index in [9.17, 15) is 0 Å². The highest BCUT2D eigenvalue weighted by atomic mass is 35.5. The summed E-state index contributed by atoms with van der Waals surface area (Å²) in [4.78, 5) is 2.28. The number of aromatic nitrogens is 3. The predicted molar refractivity (Wildman–Crippen MR) is 115 cm³/mol. The Morgan fingerprint density at radius 3 is 2.57 bits per heavy atom. The third kappa shape index (κ3) is 3.88. The molecule has 1 fully saturated rings. The summed E-state index contributed by atoms with van der Waals surface area (Å²) in [5, 5.41) is 5.98. The number of aryl methyl sites for hydroxylation is 1. The van der Waals surface area contributed by atoms with Crippen LogP contribution in [0.5, 0.6) is 0 Å². The van der Waals surface area contributed by atoms with Crippen molar-refractivity contribution in [3.63, 3.8) is 0 Å². The SMILES string of the molecule is Cc1ccccc1-n1c(-c2ccc(Cl)cc2Cl)nn(CN2CCOCC2)c1=S. The minimum absolute atomic E-state index is 0.542. The van der Waals surface area contributed by atoms with Gasteiger partial charge in [0.25, 0.3) is 0 Å². The second-order valence-electron chi connectivity index (χ2n) is 6.72. The Morgan fingerprint density at radius 1 is 1.11 bits per heavy atom. The van der Waals surface area contributed by atoms with Crippen molar-refractivity contribution in [3.8, 4) is 17.1 Å². The molecule has 0 N–H and O–H groups in total. The van der Waals surface area contributed by atoms with Crippen molar-refractivity contribution in [1.82, 2.24) is 19.2 Å². The standard InChI is InChI=1S/C20H20Cl2N4OS/c1-14-4-2-3-5-18(14)26-19(16-7-6-15(21)12-17(16)22)23-25(20(26)28)13-24-8-10-27-11-9-24/h2-7,12H,8-11,13H2,1H3. The topological polar surface area (TPSA) is 35.2 Å². The lowest BCUT2D eigenvalue weighted by Gasteiger charge is -2.26. The van der Waals surface area contributed by atoms with Crippen LogP contribution in [-0.2, 0) is 11.4 Å². The van der Waals surface area contributed by atoms with E-state index in [4.69, 9.17) is 45.3 Å². The number of ether oxygens (including phenoxy) is 1. The van der Waals surface area contributed by atoms with Crippen LogP contribution >= 0.6 is 35.4 Å². The van der Waals surface area contributed by atoms with Gasteiger partial charge in [0, 0.05) is 23.7 Å². The summed E-state index contributed by atoms with van der Waals surface area (Å²) in [6.07, 6.45) is 0. The van der Waals surface area contributed by atoms with Crippen molar-refractivity contribution in [1.29, 1.82) is 0 Å². The zero-order valence-corrected chi connectivity index (χ0v) is 17.8. The van der Waals surface area contributed by atoms with Gasteiger partial charge in [-0.2, -0.15) is 0 Å². The number of halogens is 2. The van der Waals surface area contributed by atoms with Crippen molar-refractivity contribution in [2.24, 2.45) is 0 Å². The van der Waals surface area contributed by atoms with E-state index in [1.54, 1.807) is 6.07 Å². The zero-order valence-electron chi connectivity index (χ0n) is 15.4. The van der Waals surface area contributed by atoms with Crippen LogP contribution in [0.2, 0.25) is 10.0 Å². The minimum atomic E-state index is 0.542.